The molecular formula is C13H8F2N2. The molecule has 0 spiro atoms. The maximum absolute atomic E-state index is 13.0. The normalized spacial score (nSPS) is 9.94. The van der Waals surface area contributed by atoms with Gasteiger partial charge in [0.25, 0.3) is 0 Å². The number of benzene rings is 1. The number of pyridine rings is 1. The third-order valence-electron chi connectivity index (χ3n) is 2.32. The summed E-state index contributed by atoms with van der Waals surface area (Å²) in [5, 5.41) is 8.50. The largest absolute Gasteiger partial charge is 0.256 e. The van der Waals surface area contributed by atoms with Crippen LogP contribution in [-0.2, 0) is 6.42 Å². The van der Waals surface area contributed by atoms with Crippen LogP contribution < -0.4 is 0 Å². The first-order chi connectivity index (χ1) is 8.20. The second kappa shape index (κ2) is 4.71. The van der Waals surface area contributed by atoms with E-state index in [0.717, 1.165) is 17.7 Å². The van der Waals surface area contributed by atoms with Gasteiger partial charge in [0.2, 0.25) is 0 Å². The van der Waals surface area contributed by atoms with Gasteiger partial charge in [-0.3, -0.25) is 4.98 Å². The summed E-state index contributed by atoms with van der Waals surface area (Å²) < 4.78 is 25.8. The second-order valence-corrected chi connectivity index (χ2v) is 3.52. The Balaban J connectivity index is 2.33. The number of nitriles is 1. The molecule has 1 heterocycles. The van der Waals surface area contributed by atoms with Crippen LogP contribution in [-0.4, -0.2) is 4.98 Å². The van der Waals surface area contributed by atoms with Crippen molar-refractivity contribution in [3.63, 3.8) is 0 Å². The van der Waals surface area contributed by atoms with E-state index in [2.05, 4.69) is 4.98 Å². The van der Waals surface area contributed by atoms with Gasteiger partial charge in [0.1, 0.15) is 0 Å². The van der Waals surface area contributed by atoms with Crippen LogP contribution in [0.3, 0.4) is 0 Å². The highest BCUT2D eigenvalue weighted by Crippen LogP contribution is 2.19. The van der Waals surface area contributed by atoms with Gasteiger partial charge in [0.05, 0.1) is 18.2 Å². The fraction of sp³-hybridized carbons (Fsp3) is 0.0769. The van der Waals surface area contributed by atoms with Crippen LogP contribution in [0.4, 0.5) is 8.78 Å². The average Bonchev–Trinajstić information content (AvgIpc) is 2.34. The van der Waals surface area contributed by atoms with Gasteiger partial charge in [-0.05, 0) is 29.8 Å². The summed E-state index contributed by atoms with van der Waals surface area (Å²) in [6.07, 6.45) is 1.84. The van der Waals surface area contributed by atoms with Gasteiger partial charge in [-0.1, -0.05) is 6.07 Å². The molecule has 0 amide bonds. The Kier molecular flexibility index (Phi) is 3.10. The van der Waals surface area contributed by atoms with Crippen LogP contribution in [0.5, 0.6) is 0 Å². The van der Waals surface area contributed by atoms with Crippen molar-refractivity contribution in [1.29, 1.82) is 5.26 Å². The van der Waals surface area contributed by atoms with Crippen molar-refractivity contribution in [3.05, 3.63) is 53.7 Å². The van der Waals surface area contributed by atoms with Crippen LogP contribution >= 0.6 is 0 Å². The van der Waals surface area contributed by atoms with Crippen LogP contribution in [0.15, 0.2) is 36.5 Å². The first-order valence-electron chi connectivity index (χ1n) is 4.98. The van der Waals surface area contributed by atoms with Crippen molar-refractivity contribution < 1.29 is 8.78 Å². The van der Waals surface area contributed by atoms with Crippen LogP contribution in [0.2, 0.25) is 0 Å². The highest BCUT2D eigenvalue weighted by molar-refractivity contribution is 5.59. The van der Waals surface area contributed by atoms with Crippen molar-refractivity contribution >= 4 is 0 Å². The Labute approximate surface area is 97.2 Å². The number of rotatable bonds is 2. The molecule has 2 rings (SSSR count). The number of hydrogen-bond acceptors (Lipinski definition) is 2. The van der Waals surface area contributed by atoms with E-state index in [1.807, 2.05) is 6.07 Å². The average molecular weight is 230 g/mol. The molecule has 0 aliphatic rings. The van der Waals surface area contributed by atoms with Crippen LogP contribution in [0, 0.1) is 23.0 Å². The standard InChI is InChI=1S/C13H8F2N2/c14-11-3-2-10(7-12(11)15)13-4-1-9(5-6-16)8-17-13/h1-4,7-8H,5H2. The molecule has 0 aliphatic heterocycles. The van der Waals surface area contributed by atoms with Crippen molar-refractivity contribution in [1.82, 2.24) is 4.98 Å². The molecule has 4 heteroatoms. The van der Waals surface area contributed by atoms with E-state index in [0.29, 0.717) is 11.3 Å². The Morgan fingerprint density at radius 2 is 1.94 bits per heavy atom. The number of hydrogen-bond donors (Lipinski definition) is 0. The fourth-order valence-electron chi connectivity index (χ4n) is 1.45. The highest BCUT2D eigenvalue weighted by Gasteiger charge is 2.05. The quantitative estimate of drug-likeness (QED) is 0.794. The minimum atomic E-state index is -0.898. The molecule has 0 fully saturated rings. The van der Waals surface area contributed by atoms with E-state index in [4.69, 9.17) is 5.26 Å². The molecule has 0 atom stereocenters. The lowest BCUT2D eigenvalue weighted by molar-refractivity contribution is 0.509. The van der Waals surface area contributed by atoms with Gasteiger partial charge in [-0.25, -0.2) is 8.78 Å². The van der Waals surface area contributed by atoms with Gasteiger partial charge in [0, 0.05) is 11.8 Å². The highest BCUT2D eigenvalue weighted by atomic mass is 19.2. The summed E-state index contributed by atoms with van der Waals surface area (Å²) in [5.74, 6) is -1.78. The van der Waals surface area contributed by atoms with Crippen LogP contribution in [0.1, 0.15) is 5.56 Å². The minimum absolute atomic E-state index is 0.283. The topological polar surface area (TPSA) is 36.7 Å². The van der Waals surface area contributed by atoms with Gasteiger partial charge in [-0.2, -0.15) is 5.26 Å². The third-order valence-corrected chi connectivity index (χ3v) is 2.32. The first-order valence-corrected chi connectivity index (χ1v) is 4.98. The van der Waals surface area contributed by atoms with Gasteiger partial charge >= 0.3 is 0 Å². The van der Waals surface area contributed by atoms with Crippen molar-refractivity contribution in [2.75, 3.05) is 0 Å². The Morgan fingerprint density at radius 1 is 1.12 bits per heavy atom. The summed E-state index contributed by atoms with van der Waals surface area (Å²) in [6.45, 7) is 0. The van der Waals surface area contributed by atoms with Crippen molar-refractivity contribution in [2.24, 2.45) is 0 Å². The predicted molar refractivity (Wildman–Crippen MR) is 58.9 cm³/mol. The molecule has 0 saturated carbocycles. The van der Waals surface area contributed by atoms with Gasteiger partial charge in [0.15, 0.2) is 11.6 Å². The van der Waals surface area contributed by atoms with E-state index in [9.17, 15) is 8.78 Å². The van der Waals surface area contributed by atoms with Crippen molar-refractivity contribution in [3.8, 4) is 17.3 Å². The molecule has 0 aliphatic carbocycles. The van der Waals surface area contributed by atoms with E-state index < -0.39 is 11.6 Å². The maximum Gasteiger partial charge on any atom is 0.159 e. The molecule has 0 N–H and O–H groups in total. The van der Waals surface area contributed by atoms with Crippen LogP contribution in [0.25, 0.3) is 11.3 Å². The summed E-state index contributed by atoms with van der Waals surface area (Å²) in [6, 6.07) is 9.06. The monoisotopic (exact) mass is 230 g/mol. The zero-order chi connectivity index (χ0) is 12.3. The molecule has 0 bridgehead atoms. The maximum atomic E-state index is 13.0. The Bertz CT molecular complexity index is 571. The minimum Gasteiger partial charge on any atom is -0.256 e. The summed E-state index contributed by atoms with van der Waals surface area (Å²) in [4.78, 5) is 4.10. The molecule has 2 nitrogen and oxygen atoms in total. The predicted octanol–water partition coefficient (Wildman–Crippen LogP) is 3.09. The molecule has 0 saturated heterocycles. The van der Waals surface area contributed by atoms with Gasteiger partial charge < -0.3 is 0 Å². The molecule has 1 aromatic heterocycles. The molecule has 0 radical (unpaired) electrons. The number of nitrogens with zero attached hydrogens (tertiary/aromatic N) is 2. The van der Waals surface area contributed by atoms with E-state index in [-0.39, 0.29) is 6.42 Å². The van der Waals surface area contributed by atoms with Crippen molar-refractivity contribution in [2.45, 2.75) is 6.42 Å². The lowest BCUT2D eigenvalue weighted by Crippen LogP contribution is -1.89. The molecular weight excluding hydrogens is 222 g/mol. The van der Waals surface area contributed by atoms with Gasteiger partial charge in [-0.15, -0.1) is 0 Å². The smallest absolute Gasteiger partial charge is 0.159 e. The van der Waals surface area contributed by atoms with E-state index >= 15 is 0 Å². The summed E-state index contributed by atoms with van der Waals surface area (Å²) in [5.41, 5.74) is 1.84. The summed E-state index contributed by atoms with van der Waals surface area (Å²) in [7, 11) is 0. The lowest BCUT2D eigenvalue weighted by atomic mass is 10.1. The first kappa shape index (κ1) is 11.2. The fourth-order valence-corrected chi connectivity index (χ4v) is 1.45. The summed E-state index contributed by atoms with van der Waals surface area (Å²) >= 11 is 0. The molecule has 17 heavy (non-hydrogen) atoms. The second-order valence-electron chi connectivity index (χ2n) is 3.52. The lowest BCUT2D eigenvalue weighted by Gasteiger charge is -2.02. The molecule has 1 aromatic carbocycles. The van der Waals surface area contributed by atoms with E-state index in [1.54, 1.807) is 18.3 Å². The Morgan fingerprint density at radius 3 is 2.53 bits per heavy atom. The zero-order valence-corrected chi connectivity index (χ0v) is 8.82. The zero-order valence-electron chi connectivity index (χ0n) is 8.82. The molecule has 2 aromatic rings. The SMILES string of the molecule is N#CCc1ccc(-c2ccc(F)c(F)c2)nc1. The third kappa shape index (κ3) is 2.45. The van der Waals surface area contributed by atoms with E-state index in [1.165, 1.54) is 6.07 Å². The number of halogens is 2. The number of aromatic nitrogens is 1. The molecule has 0 unspecified atom stereocenters. The Hall–Kier alpha value is -2.28. The molecule has 84 valence electrons.